The highest BCUT2D eigenvalue weighted by molar-refractivity contribution is 7.99. The molecule has 0 aliphatic carbocycles. The van der Waals surface area contributed by atoms with E-state index >= 15 is 0 Å². The van der Waals surface area contributed by atoms with E-state index in [-0.39, 0.29) is 5.91 Å². The molecule has 0 radical (unpaired) electrons. The number of rotatable bonds is 8. The van der Waals surface area contributed by atoms with Gasteiger partial charge in [0.15, 0.2) is 5.13 Å². The van der Waals surface area contributed by atoms with E-state index < -0.39 is 10.0 Å². The van der Waals surface area contributed by atoms with Crippen molar-refractivity contribution >= 4 is 49.8 Å². The Morgan fingerprint density at radius 3 is 2.45 bits per heavy atom. The first-order valence-electron chi connectivity index (χ1n) is 8.75. The van der Waals surface area contributed by atoms with Gasteiger partial charge >= 0.3 is 0 Å². The second-order valence-corrected chi connectivity index (χ2v) is 10.1. The summed E-state index contributed by atoms with van der Waals surface area (Å²) in [6, 6.07) is 15.2. The van der Waals surface area contributed by atoms with Crippen molar-refractivity contribution in [2.75, 3.05) is 22.0 Å². The number of anilines is 2. The number of aryl methyl sites for hydroxylation is 1. The van der Waals surface area contributed by atoms with Crippen LogP contribution in [0.4, 0.5) is 10.8 Å². The van der Waals surface area contributed by atoms with Crippen LogP contribution in [-0.2, 0) is 20.6 Å². The van der Waals surface area contributed by atoms with Gasteiger partial charge in [0.2, 0.25) is 15.9 Å². The molecule has 0 spiro atoms. The van der Waals surface area contributed by atoms with Crippen LogP contribution < -0.4 is 10.0 Å². The van der Waals surface area contributed by atoms with Gasteiger partial charge in [-0.25, -0.2) is 13.4 Å². The molecule has 1 amide bonds. The summed E-state index contributed by atoms with van der Waals surface area (Å²) >= 11 is 2.91. The van der Waals surface area contributed by atoms with E-state index in [0.29, 0.717) is 16.6 Å². The van der Waals surface area contributed by atoms with Crippen LogP contribution in [0.1, 0.15) is 11.1 Å². The van der Waals surface area contributed by atoms with Crippen molar-refractivity contribution in [3.8, 4) is 11.3 Å². The van der Waals surface area contributed by atoms with Gasteiger partial charge in [-0.2, -0.15) is 0 Å². The number of aromatic nitrogens is 1. The van der Waals surface area contributed by atoms with Crippen LogP contribution >= 0.6 is 23.1 Å². The molecule has 9 heteroatoms. The van der Waals surface area contributed by atoms with Gasteiger partial charge in [0.05, 0.1) is 17.7 Å². The Kier molecular flexibility index (Phi) is 6.94. The molecular weight excluding hydrogens is 426 g/mol. The smallest absolute Gasteiger partial charge is 0.236 e. The molecule has 3 aromatic rings. The van der Waals surface area contributed by atoms with Crippen LogP contribution in [0.2, 0.25) is 0 Å². The summed E-state index contributed by atoms with van der Waals surface area (Å²) in [5, 5.41) is 5.22. The molecule has 29 heavy (non-hydrogen) atoms. The zero-order chi connectivity index (χ0) is 20.9. The third-order valence-corrected chi connectivity index (χ3v) is 6.22. The topological polar surface area (TPSA) is 88.2 Å². The second-order valence-electron chi connectivity index (χ2n) is 6.52. The van der Waals surface area contributed by atoms with Gasteiger partial charge in [0.25, 0.3) is 0 Å². The molecule has 0 saturated carbocycles. The summed E-state index contributed by atoms with van der Waals surface area (Å²) in [6.07, 6.45) is 1.11. The number of benzene rings is 2. The minimum absolute atomic E-state index is 0.0873. The van der Waals surface area contributed by atoms with E-state index in [1.807, 2.05) is 12.3 Å². The summed E-state index contributed by atoms with van der Waals surface area (Å²) in [5.74, 6) is 1.05. The number of sulfonamides is 1. The van der Waals surface area contributed by atoms with Gasteiger partial charge in [-0.3, -0.25) is 9.52 Å². The average molecular weight is 448 g/mol. The summed E-state index contributed by atoms with van der Waals surface area (Å²) in [4.78, 5) is 16.6. The van der Waals surface area contributed by atoms with E-state index in [9.17, 15) is 13.2 Å². The standard InChI is InChI=1S/C20H21N3O3S3/c1-14-3-5-15(6-4-14)11-27-13-19(24)22-20-21-18(12-28-20)16-7-9-17(10-8-16)23-29(2,25)26/h3-10,12,23H,11,13H2,1-2H3,(H,21,22,24). The Labute approximate surface area is 178 Å². The third kappa shape index (κ3) is 6.88. The van der Waals surface area contributed by atoms with Crippen molar-refractivity contribution in [1.29, 1.82) is 0 Å². The van der Waals surface area contributed by atoms with Gasteiger partial charge < -0.3 is 5.32 Å². The second kappa shape index (κ2) is 9.43. The Bertz CT molecular complexity index is 1080. The van der Waals surface area contributed by atoms with Crippen LogP contribution in [0.25, 0.3) is 11.3 Å². The highest BCUT2D eigenvalue weighted by Crippen LogP contribution is 2.26. The van der Waals surface area contributed by atoms with Gasteiger partial charge in [0.1, 0.15) is 0 Å². The number of hydrogen-bond acceptors (Lipinski definition) is 6. The predicted molar refractivity (Wildman–Crippen MR) is 122 cm³/mol. The van der Waals surface area contributed by atoms with Crippen molar-refractivity contribution in [3.05, 3.63) is 65.0 Å². The number of carbonyl (C=O) groups is 1. The number of amides is 1. The van der Waals surface area contributed by atoms with Crippen molar-refractivity contribution in [2.45, 2.75) is 12.7 Å². The van der Waals surface area contributed by atoms with E-state index in [1.54, 1.807) is 36.0 Å². The Morgan fingerprint density at radius 2 is 1.79 bits per heavy atom. The number of thiazole rings is 1. The maximum atomic E-state index is 12.1. The molecule has 1 heterocycles. The van der Waals surface area contributed by atoms with Gasteiger partial charge in [0, 0.05) is 22.4 Å². The van der Waals surface area contributed by atoms with Gasteiger partial charge in [-0.15, -0.1) is 23.1 Å². The lowest BCUT2D eigenvalue weighted by Crippen LogP contribution is -2.13. The highest BCUT2D eigenvalue weighted by atomic mass is 32.2. The molecule has 3 rings (SSSR count). The lowest BCUT2D eigenvalue weighted by molar-refractivity contribution is -0.113. The van der Waals surface area contributed by atoms with E-state index in [4.69, 9.17) is 0 Å². The van der Waals surface area contributed by atoms with Crippen LogP contribution in [0.5, 0.6) is 0 Å². The molecule has 0 saturated heterocycles. The summed E-state index contributed by atoms with van der Waals surface area (Å²) < 4.78 is 25.0. The molecule has 0 aliphatic heterocycles. The first-order chi connectivity index (χ1) is 13.8. The molecule has 152 valence electrons. The summed E-state index contributed by atoms with van der Waals surface area (Å²) in [7, 11) is -3.30. The molecule has 6 nitrogen and oxygen atoms in total. The van der Waals surface area contributed by atoms with Crippen molar-refractivity contribution in [3.63, 3.8) is 0 Å². The highest BCUT2D eigenvalue weighted by Gasteiger charge is 2.09. The molecule has 0 atom stereocenters. The fraction of sp³-hybridized carbons (Fsp3) is 0.200. The van der Waals surface area contributed by atoms with Crippen LogP contribution in [0.3, 0.4) is 0 Å². The summed E-state index contributed by atoms with van der Waals surface area (Å²) in [5.41, 5.74) is 4.47. The maximum Gasteiger partial charge on any atom is 0.236 e. The minimum atomic E-state index is -3.30. The lowest BCUT2D eigenvalue weighted by atomic mass is 10.1. The van der Waals surface area contributed by atoms with Crippen molar-refractivity contribution in [1.82, 2.24) is 4.98 Å². The lowest BCUT2D eigenvalue weighted by Gasteiger charge is -2.04. The molecular formula is C20H21N3O3S3. The van der Waals surface area contributed by atoms with Crippen LogP contribution in [0.15, 0.2) is 53.9 Å². The molecule has 1 aromatic heterocycles. The third-order valence-electron chi connectivity index (χ3n) is 3.86. The fourth-order valence-corrected chi connectivity index (χ4v) is 4.58. The normalized spacial score (nSPS) is 11.2. The van der Waals surface area contributed by atoms with E-state index in [2.05, 4.69) is 39.3 Å². The minimum Gasteiger partial charge on any atom is -0.301 e. The zero-order valence-electron chi connectivity index (χ0n) is 16.0. The molecule has 0 aliphatic rings. The number of hydrogen-bond donors (Lipinski definition) is 2. The maximum absolute atomic E-state index is 12.1. The summed E-state index contributed by atoms with van der Waals surface area (Å²) in [6.45, 7) is 2.05. The monoisotopic (exact) mass is 447 g/mol. The number of nitrogens with one attached hydrogen (secondary N) is 2. The number of carbonyl (C=O) groups excluding carboxylic acids is 1. The van der Waals surface area contributed by atoms with Gasteiger partial charge in [-0.05, 0) is 24.6 Å². The van der Waals surface area contributed by atoms with Crippen LogP contribution in [-0.4, -0.2) is 31.3 Å². The Hall–Kier alpha value is -2.36. The SMILES string of the molecule is Cc1ccc(CSCC(=O)Nc2nc(-c3ccc(NS(C)(=O)=O)cc3)cs2)cc1. The molecule has 0 bridgehead atoms. The zero-order valence-corrected chi connectivity index (χ0v) is 18.5. The fourth-order valence-electron chi connectivity index (χ4n) is 2.49. The first-order valence-corrected chi connectivity index (χ1v) is 12.7. The Balaban J connectivity index is 1.51. The largest absolute Gasteiger partial charge is 0.301 e. The predicted octanol–water partition coefficient (Wildman–Crippen LogP) is 4.36. The molecule has 0 fully saturated rings. The Morgan fingerprint density at radius 1 is 1.10 bits per heavy atom. The van der Waals surface area contributed by atoms with E-state index in [0.717, 1.165) is 23.3 Å². The molecule has 0 unspecified atom stereocenters. The molecule has 2 N–H and O–H groups in total. The molecule has 2 aromatic carbocycles. The van der Waals surface area contributed by atoms with Crippen LogP contribution in [0, 0.1) is 6.92 Å². The number of nitrogens with zero attached hydrogens (tertiary/aromatic N) is 1. The van der Waals surface area contributed by atoms with Crippen molar-refractivity contribution in [2.24, 2.45) is 0 Å². The quantitative estimate of drug-likeness (QED) is 0.536. The number of thioether (sulfide) groups is 1. The van der Waals surface area contributed by atoms with E-state index in [1.165, 1.54) is 22.5 Å². The van der Waals surface area contributed by atoms with Crippen molar-refractivity contribution < 1.29 is 13.2 Å². The first kappa shape index (κ1) is 21.4. The average Bonchev–Trinajstić information content (AvgIpc) is 3.11. The van der Waals surface area contributed by atoms with Gasteiger partial charge in [-0.1, -0.05) is 42.0 Å².